The van der Waals surface area contributed by atoms with Gasteiger partial charge in [-0.1, -0.05) is 42.5 Å². The number of morpholine rings is 1. The Labute approximate surface area is 163 Å². The fourth-order valence-corrected chi connectivity index (χ4v) is 4.06. The van der Waals surface area contributed by atoms with Gasteiger partial charge < -0.3 is 15.2 Å². The van der Waals surface area contributed by atoms with Crippen LogP contribution < -0.4 is 5.32 Å². The lowest BCUT2D eigenvalue weighted by atomic mass is 9.88. The first-order valence-corrected chi connectivity index (χ1v) is 9.59. The van der Waals surface area contributed by atoms with Crippen molar-refractivity contribution in [2.24, 2.45) is 0 Å². The predicted molar refractivity (Wildman–Crippen MR) is 105 cm³/mol. The summed E-state index contributed by atoms with van der Waals surface area (Å²) in [4.78, 5) is 29.0. The van der Waals surface area contributed by atoms with Crippen molar-refractivity contribution in [3.05, 3.63) is 48.0 Å². The van der Waals surface area contributed by atoms with Gasteiger partial charge in [0, 0.05) is 19.6 Å². The number of hydrogen-bond acceptors (Lipinski definition) is 5. The second kappa shape index (κ2) is 7.50. The largest absolute Gasteiger partial charge is 0.390 e. The Hall–Kier alpha value is -2.48. The van der Waals surface area contributed by atoms with E-state index in [9.17, 15) is 14.7 Å². The van der Waals surface area contributed by atoms with Crippen molar-refractivity contribution in [1.29, 1.82) is 0 Å². The highest BCUT2D eigenvalue weighted by molar-refractivity contribution is 6.09. The first-order valence-electron chi connectivity index (χ1n) is 9.59. The average molecular weight is 383 g/mol. The Morgan fingerprint density at radius 3 is 2.61 bits per heavy atom. The summed E-state index contributed by atoms with van der Waals surface area (Å²) in [6.45, 7) is 4.86. The zero-order valence-electron chi connectivity index (χ0n) is 15.9. The fourth-order valence-electron chi connectivity index (χ4n) is 4.06. The van der Waals surface area contributed by atoms with Crippen molar-refractivity contribution >= 4 is 22.7 Å². The third-order valence-electron chi connectivity index (χ3n) is 5.57. The van der Waals surface area contributed by atoms with Crippen LogP contribution in [0.25, 0.3) is 10.8 Å². The highest BCUT2D eigenvalue weighted by Gasteiger charge is 2.50. The number of carbonyl (C=O) groups excluding carboxylic acids is 2. The third kappa shape index (κ3) is 3.37. The zero-order valence-corrected chi connectivity index (χ0v) is 15.9. The van der Waals surface area contributed by atoms with Crippen LogP contribution in [0, 0.1) is 0 Å². The first kappa shape index (κ1) is 18.9. The topological polar surface area (TPSA) is 82.1 Å². The Kier molecular flexibility index (Phi) is 5.05. The minimum Gasteiger partial charge on any atom is -0.390 e. The Bertz CT molecular complexity index is 891. The number of nitrogens with one attached hydrogen (secondary N) is 1. The van der Waals surface area contributed by atoms with Gasteiger partial charge >= 0.3 is 6.03 Å². The smallest absolute Gasteiger partial charge is 0.325 e. The SMILES string of the molecule is C[C@]1(c2cccc3ccccc23)NC(=O)N(C[C@H](O)CN2CCOCC2)C1=O. The molecule has 2 aliphatic rings. The Balaban J connectivity index is 1.54. The third-order valence-corrected chi connectivity index (χ3v) is 5.57. The number of benzene rings is 2. The van der Waals surface area contributed by atoms with Gasteiger partial charge in [0.25, 0.3) is 5.91 Å². The van der Waals surface area contributed by atoms with Gasteiger partial charge in [0.05, 0.1) is 25.9 Å². The number of rotatable bonds is 5. The highest BCUT2D eigenvalue weighted by Crippen LogP contribution is 2.33. The highest BCUT2D eigenvalue weighted by atomic mass is 16.5. The zero-order chi connectivity index (χ0) is 19.7. The molecule has 2 fully saturated rings. The number of β-amino-alcohol motifs (C(OH)–C–C–N with tert-alkyl or cyclic N) is 1. The molecule has 2 N–H and O–H groups in total. The van der Waals surface area contributed by atoms with Crippen molar-refractivity contribution in [1.82, 2.24) is 15.1 Å². The van der Waals surface area contributed by atoms with Crippen molar-refractivity contribution in [3.8, 4) is 0 Å². The molecule has 0 aliphatic carbocycles. The molecule has 7 nitrogen and oxygen atoms in total. The standard InChI is InChI=1S/C21H25N3O4/c1-21(18-8-4-6-15-5-2-3-7-17(15)18)19(26)24(20(27)22-21)14-16(25)13-23-9-11-28-12-10-23/h2-8,16,25H,9-14H2,1H3,(H,22,27)/t16-,21-/m1/s1. The summed E-state index contributed by atoms with van der Waals surface area (Å²) in [5.41, 5.74) is -0.398. The van der Waals surface area contributed by atoms with Crippen LogP contribution in [-0.2, 0) is 15.1 Å². The molecule has 2 aliphatic heterocycles. The van der Waals surface area contributed by atoms with E-state index in [0.717, 1.165) is 34.3 Å². The summed E-state index contributed by atoms with van der Waals surface area (Å²) in [6.07, 6.45) is -0.803. The molecule has 0 spiro atoms. The van der Waals surface area contributed by atoms with Gasteiger partial charge in [0.2, 0.25) is 0 Å². The average Bonchev–Trinajstić information content (AvgIpc) is 2.92. The number of imide groups is 1. The van der Waals surface area contributed by atoms with Crippen molar-refractivity contribution in [2.45, 2.75) is 18.6 Å². The van der Waals surface area contributed by atoms with Gasteiger partial charge in [-0.25, -0.2) is 4.79 Å². The molecule has 4 rings (SSSR count). The van der Waals surface area contributed by atoms with Crippen LogP contribution in [0.4, 0.5) is 4.79 Å². The van der Waals surface area contributed by atoms with Crippen LogP contribution in [-0.4, -0.2) is 72.3 Å². The molecular weight excluding hydrogens is 358 g/mol. The fraction of sp³-hybridized carbons (Fsp3) is 0.429. The number of aliphatic hydroxyl groups excluding tert-OH is 1. The molecule has 2 saturated heterocycles. The summed E-state index contributed by atoms with van der Waals surface area (Å²) < 4.78 is 5.31. The first-order chi connectivity index (χ1) is 13.5. The molecule has 2 heterocycles. The van der Waals surface area contributed by atoms with Crippen molar-refractivity contribution in [2.75, 3.05) is 39.4 Å². The van der Waals surface area contributed by atoms with Gasteiger partial charge in [0.1, 0.15) is 5.54 Å². The number of aliphatic hydroxyl groups is 1. The maximum atomic E-state index is 13.2. The summed E-state index contributed by atoms with van der Waals surface area (Å²) in [5.74, 6) is -0.338. The number of hydrogen-bond donors (Lipinski definition) is 2. The second-order valence-electron chi connectivity index (χ2n) is 7.56. The van der Waals surface area contributed by atoms with Crippen LogP contribution >= 0.6 is 0 Å². The number of ether oxygens (including phenoxy) is 1. The molecule has 3 amide bonds. The molecule has 0 saturated carbocycles. The second-order valence-corrected chi connectivity index (χ2v) is 7.56. The Morgan fingerprint density at radius 2 is 1.82 bits per heavy atom. The van der Waals surface area contributed by atoms with E-state index in [1.807, 2.05) is 42.5 Å². The van der Waals surface area contributed by atoms with Crippen LogP contribution in [0.2, 0.25) is 0 Å². The number of nitrogens with zero attached hydrogens (tertiary/aromatic N) is 2. The van der Waals surface area contributed by atoms with E-state index in [2.05, 4.69) is 10.2 Å². The normalized spacial score (nSPS) is 24.6. The lowest BCUT2D eigenvalue weighted by molar-refractivity contribution is -0.132. The van der Waals surface area contributed by atoms with Crippen molar-refractivity contribution < 1.29 is 19.4 Å². The molecule has 148 valence electrons. The van der Waals surface area contributed by atoms with E-state index in [4.69, 9.17) is 4.74 Å². The van der Waals surface area contributed by atoms with Gasteiger partial charge in [-0.05, 0) is 23.3 Å². The lowest BCUT2D eigenvalue weighted by Crippen LogP contribution is -2.46. The number of fused-ring (bicyclic) bond motifs is 1. The quantitative estimate of drug-likeness (QED) is 0.761. The van der Waals surface area contributed by atoms with Gasteiger partial charge in [-0.15, -0.1) is 0 Å². The molecule has 0 aromatic heterocycles. The van der Waals surface area contributed by atoms with Gasteiger partial charge in [0.15, 0.2) is 0 Å². The molecule has 2 atom stereocenters. The molecule has 0 radical (unpaired) electrons. The van der Waals surface area contributed by atoms with E-state index in [0.29, 0.717) is 19.8 Å². The molecule has 7 heteroatoms. The number of carbonyl (C=O) groups is 2. The number of urea groups is 1. The minimum absolute atomic E-state index is 0.0254. The summed E-state index contributed by atoms with van der Waals surface area (Å²) in [7, 11) is 0. The minimum atomic E-state index is -1.16. The van der Waals surface area contributed by atoms with Crippen LogP contribution in [0.5, 0.6) is 0 Å². The Morgan fingerprint density at radius 1 is 1.11 bits per heavy atom. The van der Waals surface area contributed by atoms with Gasteiger partial charge in [-0.3, -0.25) is 14.6 Å². The summed E-state index contributed by atoms with van der Waals surface area (Å²) in [6, 6.07) is 13.1. The maximum Gasteiger partial charge on any atom is 0.325 e. The van der Waals surface area contributed by atoms with E-state index in [1.54, 1.807) is 6.92 Å². The number of amides is 3. The molecule has 2 aromatic rings. The van der Waals surface area contributed by atoms with E-state index in [-0.39, 0.29) is 12.5 Å². The van der Waals surface area contributed by atoms with Crippen LogP contribution in [0.1, 0.15) is 12.5 Å². The van der Waals surface area contributed by atoms with E-state index in [1.165, 1.54) is 0 Å². The van der Waals surface area contributed by atoms with E-state index >= 15 is 0 Å². The molecule has 0 unspecified atom stereocenters. The van der Waals surface area contributed by atoms with Crippen LogP contribution in [0.15, 0.2) is 42.5 Å². The molecule has 0 bridgehead atoms. The van der Waals surface area contributed by atoms with E-state index < -0.39 is 17.7 Å². The predicted octanol–water partition coefficient (Wildman–Crippen LogP) is 1.30. The molecule has 28 heavy (non-hydrogen) atoms. The van der Waals surface area contributed by atoms with Crippen molar-refractivity contribution in [3.63, 3.8) is 0 Å². The molecule has 2 aromatic carbocycles. The lowest BCUT2D eigenvalue weighted by Gasteiger charge is -2.29. The summed E-state index contributed by atoms with van der Waals surface area (Å²) >= 11 is 0. The van der Waals surface area contributed by atoms with Gasteiger partial charge in [-0.2, -0.15) is 0 Å². The molecular formula is C21H25N3O4. The maximum absolute atomic E-state index is 13.2. The monoisotopic (exact) mass is 383 g/mol. The van der Waals surface area contributed by atoms with Crippen LogP contribution in [0.3, 0.4) is 0 Å². The summed E-state index contributed by atoms with van der Waals surface area (Å²) in [5, 5.41) is 15.2.